The monoisotopic (exact) mass is 789 g/mol. The second-order valence-electron chi connectivity index (χ2n) is 16.0. The molecule has 0 saturated heterocycles. The molecule has 0 spiro atoms. The van der Waals surface area contributed by atoms with E-state index in [1.165, 1.54) is 54.1 Å². The lowest BCUT2D eigenvalue weighted by atomic mass is 10.0. The summed E-state index contributed by atoms with van der Waals surface area (Å²) in [5, 5.41) is 11.9. The Hall–Kier alpha value is -8.41. The molecule has 10 aromatic carbocycles. The molecule has 0 aliphatic rings. The van der Waals surface area contributed by atoms with Gasteiger partial charge in [0.25, 0.3) is 0 Å². The van der Waals surface area contributed by atoms with E-state index < -0.39 is 0 Å². The molecule has 0 unspecified atom stereocenters. The van der Waals surface area contributed by atoms with Crippen LogP contribution in [0.3, 0.4) is 0 Å². The molecule has 5 heteroatoms. The largest absolute Gasteiger partial charge is 0.309 e. The molecule has 3 aromatic heterocycles. The van der Waals surface area contributed by atoms with Crippen molar-refractivity contribution in [2.24, 2.45) is 0 Å². The van der Waals surface area contributed by atoms with E-state index in [-0.39, 0.29) is 0 Å². The Balaban J connectivity index is 1.11. The van der Waals surface area contributed by atoms with E-state index in [9.17, 15) is 0 Å². The number of rotatable bonds is 5. The predicted octanol–water partition coefficient (Wildman–Crippen LogP) is 14.5. The molecule has 13 aromatic rings. The summed E-state index contributed by atoms with van der Waals surface area (Å²) in [6.07, 6.45) is 0. The second-order valence-corrected chi connectivity index (χ2v) is 16.0. The number of fused-ring (bicyclic) bond motifs is 10. The van der Waals surface area contributed by atoms with E-state index in [4.69, 9.17) is 15.0 Å². The Labute approximate surface area is 356 Å². The molecule has 0 aliphatic carbocycles. The van der Waals surface area contributed by atoms with Crippen LogP contribution in [-0.4, -0.2) is 24.1 Å². The van der Waals surface area contributed by atoms with Gasteiger partial charge in [0.2, 0.25) is 0 Å². The lowest BCUT2D eigenvalue weighted by Gasteiger charge is -2.16. The van der Waals surface area contributed by atoms with Crippen LogP contribution in [0.25, 0.3) is 121 Å². The van der Waals surface area contributed by atoms with Crippen molar-refractivity contribution in [3.05, 3.63) is 212 Å². The van der Waals surface area contributed by atoms with Crippen molar-refractivity contribution >= 4 is 75.9 Å². The summed E-state index contributed by atoms with van der Waals surface area (Å²) in [5.41, 5.74) is 9.76. The van der Waals surface area contributed by atoms with Gasteiger partial charge < -0.3 is 9.13 Å². The van der Waals surface area contributed by atoms with Crippen molar-refractivity contribution in [3.8, 4) is 45.5 Å². The van der Waals surface area contributed by atoms with Crippen LogP contribution >= 0.6 is 0 Å². The molecule has 288 valence electrons. The molecule has 0 amide bonds. The zero-order valence-corrected chi connectivity index (χ0v) is 33.4. The number of hydrogen-bond acceptors (Lipinski definition) is 3. The van der Waals surface area contributed by atoms with Gasteiger partial charge in [-0.05, 0) is 64.0 Å². The molecule has 0 N–H and O–H groups in total. The third-order valence-corrected chi connectivity index (χ3v) is 12.5. The van der Waals surface area contributed by atoms with Gasteiger partial charge in [-0.25, -0.2) is 15.0 Å². The fraction of sp³-hybridized carbons (Fsp3) is 0. The van der Waals surface area contributed by atoms with Gasteiger partial charge in [-0.1, -0.05) is 170 Å². The maximum absolute atomic E-state index is 5.16. The van der Waals surface area contributed by atoms with Crippen molar-refractivity contribution in [2.75, 3.05) is 0 Å². The molecule has 0 bridgehead atoms. The first-order chi connectivity index (χ1) is 30.8. The van der Waals surface area contributed by atoms with Crippen LogP contribution in [-0.2, 0) is 0 Å². The van der Waals surface area contributed by atoms with E-state index in [0.29, 0.717) is 17.5 Å². The van der Waals surface area contributed by atoms with Crippen molar-refractivity contribution in [2.45, 2.75) is 0 Å². The summed E-state index contributed by atoms with van der Waals surface area (Å²) in [5.74, 6) is 1.92. The first kappa shape index (κ1) is 34.5. The Kier molecular flexibility index (Phi) is 7.54. The molecule has 0 fully saturated rings. The topological polar surface area (TPSA) is 48.5 Å². The summed E-state index contributed by atoms with van der Waals surface area (Å²) in [4.78, 5) is 15.3. The molecule has 0 atom stereocenters. The van der Waals surface area contributed by atoms with Crippen molar-refractivity contribution in [3.63, 3.8) is 0 Å². The van der Waals surface area contributed by atoms with E-state index in [2.05, 4.69) is 185 Å². The third-order valence-electron chi connectivity index (χ3n) is 12.5. The van der Waals surface area contributed by atoms with Crippen LogP contribution in [0.4, 0.5) is 0 Å². The fourth-order valence-electron chi connectivity index (χ4n) is 9.76. The molecule has 0 saturated carbocycles. The molecule has 0 aliphatic heterocycles. The molecule has 13 rings (SSSR count). The van der Waals surface area contributed by atoms with Gasteiger partial charge in [0.1, 0.15) is 0 Å². The van der Waals surface area contributed by atoms with Gasteiger partial charge >= 0.3 is 0 Å². The first-order valence-electron chi connectivity index (χ1n) is 21.0. The van der Waals surface area contributed by atoms with Crippen LogP contribution in [0.5, 0.6) is 0 Å². The lowest BCUT2D eigenvalue weighted by Crippen LogP contribution is -2.02. The van der Waals surface area contributed by atoms with Gasteiger partial charge in [0.15, 0.2) is 17.5 Å². The zero-order chi connectivity index (χ0) is 40.7. The second kappa shape index (κ2) is 13.6. The number of aromatic nitrogens is 5. The van der Waals surface area contributed by atoms with Crippen LogP contribution in [0.1, 0.15) is 0 Å². The summed E-state index contributed by atoms with van der Waals surface area (Å²) in [6.45, 7) is 0. The molecule has 5 nitrogen and oxygen atoms in total. The molecular formula is C57H35N5. The lowest BCUT2D eigenvalue weighted by molar-refractivity contribution is 1.08. The highest BCUT2D eigenvalue weighted by molar-refractivity contribution is 6.22. The van der Waals surface area contributed by atoms with Gasteiger partial charge in [0.05, 0.1) is 33.4 Å². The molecule has 62 heavy (non-hydrogen) atoms. The van der Waals surface area contributed by atoms with Gasteiger partial charge in [-0.15, -0.1) is 0 Å². The van der Waals surface area contributed by atoms with Gasteiger partial charge in [-0.2, -0.15) is 0 Å². The average Bonchev–Trinajstić information content (AvgIpc) is 3.86. The van der Waals surface area contributed by atoms with Crippen LogP contribution in [0.2, 0.25) is 0 Å². The van der Waals surface area contributed by atoms with Crippen LogP contribution < -0.4 is 0 Å². The van der Waals surface area contributed by atoms with Crippen LogP contribution in [0, 0.1) is 0 Å². The minimum absolute atomic E-state index is 0.634. The van der Waals surface area contributed by atoms with E-state index >= 15 is 0 Å². The molecule has 3 heterocycles. The number of benzene rings is 10. The maximum atomic E-state index is 5.16. The van der Waals surface area contributed by atoms with Gasteiger partial charge in [0, 0.05) is 49.0 Å². The quantitative estimate of drug-likeness (QED) is 0.174. The summed E-state index contributed by atoms with van der Waals surface area (Å²) in [6, 6.07) is 75.8. The normalized spacial score (nSPS) is 11.9. The van der Waals surface area contributed by atoms with Crippen molar-refractivity contribution < 1.29 is 0 Å². The Morgan fingerprint density at radius 2 is 0.871 bits per heavy atom. The van der Waals surface area contributed by atoms with E-state index in [1.54, 1.807) is 0 Å². The Morgan fingerprint density at radius 1 is 0.290 bits per heavy atom. The number of nitrogens with zero attached hydrogens (tertiary/aromatic N) is 5. The average molecular weight is 790 g/mol. The van der Waals surface area contributed by atoms with Crippen molar-refractivity contribution in [1.29, 1.82) is 0 Å². The Bertz CT molecular complexity index is 3860. The maximum Gasteiger partial charge on any atom is 0.164 e. The van der Waals surface area contributed by atoms with E-state index in [1.807, 2.05) is 36.4 Å². The number of hydrogen-bond donors (Lipinski definition) is 0. The molecular weight excluding hydrogens is 755 g/mol. The van der Waals surface area contributed by atoms with Gasteiger partial charge in [-0.3, -0.25) is 0 Å². The fourth-order valence-corrected chi connectivity index (χ4v) is 9.76. The Morgan fingerprint density at radius 3 is 1.61 bits per heavy atom. The molecule has 0 radical (unpaired) electrons. The smallest absolute Gasteiger partial charge is 0.164 e. The predicted molar refractivity (Wildman–Crippen MR) is 257 cm³/mol. The standard InChI is InChI=1S/C57H35N5/c1-3-17-37(18-4-1)55-58-56(38-19-5-2-6-20-38)60-57(59-55)46-32-33-49(43-25-12-11-24-42(43)46)61-50-28-15-29-51(53(50)47-34-39-21-7-8-22-40(39)35-52(47)61)62-48-27-14-13-26-44(48)45-31-30-36-16-9-10-23-41(36)54(45)62/h1-35H. The SMILES string of the molecule is c1ccc(-c2nc(-c3ccccc3)nc(-c3ccc(-n4c5cc6ccccc6cc5c5c(-n6c7ccccc7c7ccc8ccccc8c76)cccc54)c4ccccc34)n2)cc1. The number of para-hydroxylation sites is 1. The highest BCUT2D eigenvalue weighted by Gasteiger charge is 2.23. The highest BCUT2D eigenvalue weighted by Crippen LogP contribution is 2.44. The minimum atomic E-state index is 0.634. The third kappa shape index (κ3) is 5.18. The minimum Gasteiger partial charge on any atom is -0.309 e. The summed E-state index contributed by atoms with van der Waals surface area (Å²) < 4.78 is 4.97. The van der Waals surface area contributed by atoms with E-state index in [0.717, 1.165) is 49.9 Å². The zero-order valence-electron chi connectivity index (χ0n) is 33.4. The summed E-state index contributed by atoms with van der Waals surface area (Å²) in [7, 11) is 0. The highest BCUT2D eigenvalue weighted by atomic mass is 15.0. The first-order valence-corrected chi connectivity index (χ1v) is 21.0. The van der Waals surface area contributed by atoms with Crippen molar-refractivity contribution in [1.82, 2.24) is 24.1 Å². The summed E-state index contributed by atoms with van der Waals surface area (Å²) >= 11 is 0. The van der Waals surface area contributed by atoms with Crippen LogP contribution in [0.15, 0.2) is 212 Å².